The summed E-state index contributed by atoms with van der Waals surface area (Å²) in [5, 5.41) is 15.7. The maximum absolute atomic E-state index is 13.6. The molecule has 0 fully saturated rings. The number of hydrogen-bond acceptors (Lipinski definition) is 6. The minimum atomic E-state index is -7.71. The molecular formula is C15H17BF12O7. The van der Waals surface area contributed by atoms with E-state index in [0.29, 0.717) is 0 Å². The molecule has 0 saturated heterocycles. The molecule has 2 atom stereocenters. The molecule has 35 heavy (non-hydrogen) atoms. The molecule has 0 aliphatic heterocycles. The van der Waals surface area contributed by atoms with Crippen molar-refractivity contribution < 1.29 is 86.9 Å². The van der Waals surface area contributed by atoms with Crippen molar-refractivity contribution in [3.05, 3.63) is 0 Å². The van der Waals surface area contributed by atoms with Crippen LogP contribution in [-0.4, -0.2) is 72.3 Å². The van der Waals surface area contributed by atoms with E-state index in [1.165, 1.54) is 6.92 Å². The predicted molar refractivity (Wildman–Crippen MR) is 87.1 cm³/mol. The van der Waals surface area contributed by atoms with E-state index in [-0.39, 0.29) is 13.8 Å². The van der Waals surface area contributed by atoms with Crippen molar-refractivity contribution in [1.29, 1.82) is 0 Å². The number of carbonyl (C=O) groups excluding carboxylic acids is 1. The van der Waals surface area contributed by atoms with Crippen molar-refractivity contribution in [3.63, 3.8) is 0 Å². The summed E-state index contributed by atoms with van der Waals surface area (Å²) in [6.07, 6.45) is -6.48. The number of hydrogen-bond donors (Lipinski definition) is 2. The van der Waals surface area contributed by atoms with Crippen molar-refractivity contribution in [2.24, 2.45) is 11.8 Å². The summed E-state index contributed by atoms with van der Waals surface area (Å²) in [6, 6.07) is 0. The van der Waals surface area contributed by atoms with Gasteiger partial charge in [0, 0.05) is 0 Å². The number of rotatable bonds is 13. The molecule has 20 heteroatoms. The van der Waals surface area contributed by atoms with Crippen LogP contribution in [0.25, 0.3) is 0 Å². The van der Waals surface area contributed by atoms with E-state index in [1.54, 1.807) is 0 Å². The topological polar surface area (TPSA) is 110 Å². The molecule has 7 nitrogen and oxygen atoms in total. The Morgan fingerprint density at radius 1 is 0.914 bits per heavy atom. The summed E-state index contributed by atoms with van der Waals surface area (Å²) in [4.78, 5) is 25.2. The Hall–Kier alpha value is -2.28. The predicted octanol–water partition coefficient (Wildman–Crippen LogP) is 4.55. The Balaban J connectivity index is 0. The number of esters is 1. The molecule has 0 aromatic rings. The van der Waals surface area contributed by atoms with E-state index in [4.69, 9.17) is 15.1 Å². The average Bonchev–Trinajstić information content (AvgIpc) is 2.74. The SMILES string of the molecule is CCC(CC(C)C(=O)O)C(=O)OCC(F)(F)C(F)(F)C(F)(F)C(F)(F)C(F)(F)C(F)F.O=BOO. The quantitative estimate of drug-likeness (QED) is 0.114. The Morgan fingerprint density at radius 3 is 1.66 bits per heavy atom. The summed E-state index contributed by atoms with van der Waals surface area (Å²) in [6.45, 7) is -0.746. The first kappa shape index (κ1) is 34.9. The van der Waals surface area contributed by atoms with Gasteiger partial charge in [-0.1, -0.05) is 13.8 Å². The Kier molecular flexibility index (Phi) is 12.6. The van der Waals surface area contributed by atoms with Crippen molar-refractivity contribution >= 4 is 19.3 Å². The molecule has 2 unspecified atom stereocenters. The van der Waals surface area contributed by atoms with E-state index >= 15 is 0 Å². The summed E-state index contributed by atoms with van der Waals surface area (Å²) in [7, 11) is -0.0694. The molecule has 0 radical (unpaired) electrons. The van der Waals surface area contributed by atoms with Gasteiger partial charge in [-0.3, -0.25) is 9.59 Å². The third kappa shape index (κ3) is 7.60. The third-order valence-electron chi connectivity index (χ3n) is 4.27. The second kappa shape index (κ2) is 12.6. The first-order valence-electron chi connectivity index (χ1n) is 8.83. The third-order valence-corrected chi connectivity index (χ3v) is 4.27. The number of ether oxygens (including phenoxy) is 1. The van der Waals surface area contributed by atoms with Gasteiger partial charge in [-0.05, 0) is 12.8 Å². The van der Waals surface area contributed by atoms with E-state index in [2.05, 4.69) is 9.54 Å². The number of carboxylic acid groups (broad SMARTS) is 1. The molecule has 0 spiro atoms. The first-order chi connectivity index (χ1) is 15.5. The summed E-state index contributed by atoms with van der Waals surface area (Å²) < 4.78 is 169. The van der Waals surface area contributed by atoms with Gasteiger partial charge >= 0.3 is 70.1 Å². The van der Waals surface area contributed by atoms with Crippen LogP contribution in [0.5, 0.6) is 0 Å². The molecule has 0 aliphatic rings. The van der Waals surface area contributed by atoms with Crippen LogP contribution < -0.4 is 0 Å². The fourth-order valence-electron chi connectivity index (χ4n) is 2.10. The van der Waals surface area contributed by atoms with Crippen LogP contribution in [0, 0.1) is 11.8 Å². The van der Waals surface area contributed by atoms with Crippen LogP contribution in [0.4, 0.5) is 52.7 Å². The van der Waals surface area contributed by atoms with Crippen molar-refractivity contribution in [3.8, 4) is 0 Å². The van der Waals surface area contributed by atoms with Gasteiger partial charge in [-0.15, -0.1) is 0 Å². The standard InChI is InChI=1S/C15H16F12O4.BHO3/c1-3-7(4-6(2)8(28)29)9(30)31-5-11(18,19)13(22,23)15(26,27)14(24,25)12(20,21)10(16)17;2-1-4-3/h6-7,10H,3-5H2,1-2H3,(H,28,29);3H. The molecule has 2 N–H and O–H groups in total. The summed E-state index contributed by atoms with van der Waals surface area (Å²) >= 11 is 0. The molecule has 0 aromatic heterocycles. The van der Waals surface area contributed by atoms with Gasteiger partial charge in [0.25, 0.3) is 0 Å². The Bertz CT molecular complexity index is 720. The van der Waals surface area contributed by atoms with Gasteiger partial charge in [0.2, 0.25) is 0 Å². The van der Waals surface area contributed by atoms with E-state index in [0.717, 1.165) is 6.92 Å². The second-order valence-corrected chi connectivity index (χ2v) is 6.74. The zero-order chi connectivity index (χ0) is 28.6. The molecule has 0 aliphatic carbocycles. The van der Waals surface area contributed by atoms with Gasteiger partial charge in [0.1, 0.15) is 0 Å². The molecule has 0 rings (SSSR count). The van der Waals surface area contributed by atoms with Crippen LogP contribution >= 0.6 is 0 Å². The van der Waals surface area contributed by atoms with Crippen molar-refractivity contribution in [2.75, 3.05) is 6.61 Å². The zero-order valence-corrected chi connectivity index (χ0v) is 17.4. The van der Waals surface area contributed by atoms with Crippen LogP contribution in [0.1, 0.15) is 26.7 Å². The number of halogens is 12. The van der Waals surface area contributed by atoms with E-state index in [9.17, 15) is 62.3 Å². The van der Waals surface area contributed by atoms with Crippen molar-refractivity contribution in [2.45, 2.75) is 62.7 Å². The van der Waals surface area contributed by atoms with Crippen molar-refractivity contribution in [1.82, 2.24) is 0 Å². The fourth-order valence-corrected chi connectivity index (χ4v) is 2.10. The first-order valence-corrected chi connectivity index (χ1v) is 8.83. The normalized spacial score (nSPS) is 14.9. The average molecular weight is 548 g/mol. The minimum absolute atomic E-state index is 0.0694. The molecule has 0 saturated carbocycles. The molecule has 206 valence electrons. The van der Waals surface area contributed by atoms with Crippen LogP contribution in [0.2, 0.25) is 0 Å². The van der Waals surface area contributed by atoms with E-state index in [1.807, 2.05) is 0 Å². The van der Waals surface area contributed by atoms with Gasteiger partial charge in [-0.25, -0.2) is 8.78 Å². The summed E-state index contributed by atoms with van der Waals surface area (Å²) in [5.74, 6) is -42.3. The van der Waals surface area contributed by atoms with Gasteiger partial charge in [0.05, 0.1) is 11.8 Å². The second-order valence-electron chi connectivity index (χ2n) is 6.74. The van der Waals surface area contributed by atoms with Crippen LogP contribution in [-0.2, 0) is 23.8 Å². The van der Waals surface area contributed by atoms with Crippen LogP contribution in [0.15, 0.2) is 0 Å². The molecule has 0 amide bonds. The fraction of sp³-hybridized carbons (Fsp3) is 0.867. The molecular weight excluding hydrogens is 531 g/mol. The Morgan fingerprint density at radius 2 is 1.34 bits per heavy atom. The van der Waals surface area contributed by atoms with Gasteiger partial charge in [0.15, 0.2) is 6.61 Å². The van der Waals surface area contributed by atoms with Crippen LogP contribution in [0.3, 0.4) is 0 Å². The number of carboxylic acids is 1. The molecule has 0 heterocycles. The number of alkyl halides is 12. The Labute approximate surface area is 188 Å². The number of aliphatic carboxylic acids is 1. The van der Waals surface area contributed by atoms with Gasteiger partial charge < -0.3 is 9.84 Å². The molecule has 0 aromatic carbocycles. The van der Waals surface area contributed by atoms with E-state index < -0.39 is 72.8 Å². The zero-order valence-electron chi connectivity index (χ0n) is 17.4. The molecule has 0 bridgehead atoms. The van der Waals surface area contributed by atoms with Gasteiger partial charge in [-0.2, -0.15) is 43.9 Å². The monoisotopic (exact) mass is 548 g/mol. The summed E-state index contributed by atoms with van der Waals surface area (Å²) in [5.41, 5.74) is 0. The maximum atomic E-state index is 13.6. The number of carbonyl (C=O) groups is 2.